The van der Waals surface area contributed by atoms with E-state index in [1.54, 1.807) is 0 Å². The van der Waals surface area contributed by atoms with Gasteiger partial charge in [-0.05, 0) is 6.07 Å². The fourth-order valence-electron chi connectivity index (χ4n) is 0.822. The van der Waals surface area contributed by atoms with Crippen LogP contribution >= 0.6 is 23.2 Å². The molecular weight excluding hydrogens is 250 g/mol. The van der Waals surface area contributed by atoms with Crippen LogP contribution in [0.5, 0.6) is 0 Å². The normalized spacial score (nSPS) is 11.9. The molecule has 78 valence electrons. The summed E-state index contributed by atoms with van der Waals surface area (Å²) < 4.78 is 61.8. The Morgan fingerprint density at radius 2 is 1.29 bits per heavy atom. The molecule has 7 heteroatoms. The van der Waals surface area contributed by atoms with Crippen molar-refractivity contribution < 1.29 is 22.0 Å². The second-order valence-electron chi connectivity index (χ2n) is 2.34. The quantitative estimate of drug-likeness (QED) is 0.476. The Morgan fingerprint density at radius 3 is 1.57 bits per heavy atom. The largest absolute Gasteiger partial charge is 0.422 e. The van der Waals surface area contributed by atoms with Crippen LogP contribution in [-0.2, 0) is 6.18 Å². The van der Waals surface area contributed by atoms with Crippen molar-refractivity contribution in [2.24, 2.45) is 0 Å². The van der Waals surface area contributed by atoms with E-state index in [0.29, 0.717) is 6.07 Å². The summed E-state index contributed by atoms with van der Waals surface area (Å²) in [6.07, 6.45) is -5.16. The maximum atomic E-state index is 12.8. The Kier molecular flexibility index (Phi) is 2.92. The van der Waals surface area contributed by atoms with E-state index in [0.717, 1.165) is 0 Å². The van der Waals surface area contributed by atoms with Crippen LogP contribution in [0.15, 0.2) is 6.07 Å². The van der Waals surface area contributed by atoms with Crippen molar-refractivity contribution in [2.75, 3.05) is 0 Å². The molecule has 0 spiro atoms. The molecule has 0 nitrogen and oxygen atoms in total. The molecular formula is C7HCl2F5. The highest BCUT2D eigenvalue weighted by molar-refractivity contribution is 6.34. The highest BCUT2D eigenvalue weighted by Crippen LogP contribution is 2.38. The van der Waals surface area contributed by atoms with E-state index < -0.39 is 33.4 Å². The first-order valence-electron chi connectivity index (χ1n) is 3.15. The second kappa shape index (κ2) is 3.55. The molecule has 0 atom stereocenters. The molecule has 0 amide bonds. The summed E-state index contributed by atoms with van der Waals surface area (Å²) in [4.78, 5) is 0. The van der Waals surface area contributed by atoms with Gasteiger partial charge in [0.2, 0.25) is 0 Å². The number of hydrogen-bond acceptors (Lipinski definition) is 0. The molecule has 14 heavy (non-hydrogen) atoms. The van der Waals surface area contributed by atoms with Crippen molar-refractivity contribution in [3.05, 3.63) is 33.3 Å². The molecule has 0 radical (unpaired) electrons. The van der Waals surface area contributed by atoms with E-state index in [1.807, 2.05) is 0 Å². The molecule has 0 aliphatic carbocycles. The number of alkyl halides is 3. The molecule has 0 N–H and O–H groups in total. The van der Waals surface area contributed by atoms with Crippen molar-refractivity contribution in [1.29, 1.82) is 0 Å². The lowest BCUT2D eigenvalue weighted by molar-refractivity contribution is -0.142. The topological polar surface area (TPSA) is 0 Å². The molecule has 0 bridgehead atoms. The minimum absolute atomic E-state index is 0.572. The van der Waals surface area contributed by atoms with Crippen LogP contribution < -0.4 is 0 Å². The molecule has 0 fully saturated rings. The summed E-state index contributed by atoms with van der Waals surface area (Å²) in [5.74, 6) is -3.72. The van der Waals surface area contributed by atoms with Crippen molar-refractivity contribution in [2.45, 2.75) is 6.18 Å². The van der Waals surface area contributed by atoms with Gasteiger partial charge in [0.1, 0.15) is 5.56 Å². The summed E-state index contributed by atoms with van der Waals surface area (Å²) in [7, 11) is 0. The maximum Gasteiger partial charge on any atom is 0.422 e. The van der Waals surface area contributed by atoms with Crippen molar-refractivity contribution in [3.63, 3.8) is 0 Å². The average Bonchev–Trinajstić information content (AvgIpc) is 1.98. The molecule has 0 aliphatic heterocycles. The Labute approximate surface area is 85.2 Å². The van der Waals surface area contributed by atoms with Gasteiger partial charge in [0.15, 0.2) is 11.6 Å². The first kappa shape index (κ1) is 11.5. The van der Waals surface area contributed by atoms with Gasteiger partial charge in [0.05, 0.1) is 10.0 Å². The van der Waals surface area contributed by atoms with Gasteiger partial charge in [-0.2, -0.15) is 13.2 Å². The predicted molar refractivity (Wildman–Crippen MR) is 41.4 cm³/mol. The smallest absolute Gasteiger partial charge is 0.205 e. The minimum atomic E-state index is -5.16. The number of benzene rings is 1. The molecule has 1 aromatic rings. The van der Waals surface area contributed by atoms with Gasteiger partial charge in [-0.1, -0.05) is 23.2 Å². The monoisotopic (exact) mass is 250 g/mol. The van der Waals surface area contributed by atoms with Crippen molar-refractivity contribution in [3.8, 4) is 0 Å². The van der Waals surface area contributed by atoms with E-state index in [9.17, 15) is 22.0 Å². The zero-order valence-corrected chi connectivity index (χ0v) is 7.73. The lowest BCUT2D eigenvalue weighted by atomic mass is 10.2. The summed E-state index contributed by atoms with van der Waals surface area (Å²) in [6.45, 7) is 0. The van der Waals surface area contributed by atoms with Crippen molar-refractivity contribution in [1.82, 2.24) is 0 Å². The van der Waals surface area contributed by atoms with Crippen LogP contribution in [0.4, 0.5) is 22.0 Å². The lowest BCUT2D eigenvalue weighted by Crippen LogP contribution is -2.12. The molecule has 0 aromatic heterocycles. The summed E-state index contributed by atoms with van der Waals surface area (Å²) in [6, 6.07) is 0.572. The van der Waals surface area contributed by atoms with E-state index in [-0.39, 0.29) is 0 Å². The number of hydrogen-bond donors (Lipinski definition) is 0. The van der Waals surface area contributed by atoms with Crippen LogP contribution in [0.25, 0.3) is 0 Å². The van der Waals surface area contributed by atoms with Crippen molar-refractivity contribution >= 4 is 23.2 Å². The first-order valence-corrected chi connectivity index (χ1v) is 3.91. The third-order valence-electron chi connectivity index (χ3n) is 1.40. The Morgan fingerprint density at radius 1 is 0.929 bits per heavy atom. The van der Waals surface area contributed by atoms with E-state index in [4.69, 9.17) is 23.2 Å². The zero-order chi connectivity index (χ0) is 11.1. The first-order chi connectivity index (χ1) is 6.25. The van der Waals surface area contributed by atoms with Gasteiger partial charge in [-0.15, -0.1) is 0 Å². The molecule has 0 saturated carbocycles. The summed E-state index contributed by atoms with van der Waals surface area (Å²) in [5.41, 5.74) is -2.07. The molecule has 0 saturated heterocycles. The molecule has 0 aliphatic rings. The van der Waals surface area contributed by atoms with Crippen LogP contribution in [0.3, 0.4) is 0 Å². The third kappa shape index (κ3) is 1.93. The molecule has 1 aromatic carbocycles. The predicted octanol–water partition coefficient (Wildman–Crippen LogP) is 4.29. The highest BCUT2D eigenvalue weighted by atomic mass is 35.5. The van der Waals surface area contributed by atoms with Gasteiger partial charge in [-0.25, -0.2) is 8.78 Å². The number of halogens is 7. The Bertz CT molecular complexity index is 345. The van der Waals surface area contributed by atoms with Crippen LogP contribution in [0.1, 0.15) is 5.56 Å². The zero-order valence-electron chi connectivity index (χ0n) is 6.22. The van der Waals surface area contributed by atoms with E-state index >= 15 is 0 Å². The summed E-state index contributed by atoms with van der Waals surface area (Å²) >= 11 is 10.1. The van der Waals surface area contributed by atoms with Crippen LogP contribution in [0.2, 0.25) is 10.0 Å². The standard InChI is InChI=1S/C7HCl2F5/c8-2-1-3(9)6(11)4(5(2)10)7(12,13)14/h1H. The SMILES string of the molecule is Fc1c(Cl)cc(Cl)c(F)c1C(F)(F)F. The van der Waals surface area contributed by atoms with Gasteiger partial charge in [0, 0.05) is 0 Å². The van der Waals surface area contributed by atoms with Gasteiger partial charge in [0.25, 0.3) is 0 Å². The lowest BCUT2D eigenvalue weighted by Gasteiger charge is -2.10. The highest BCUT2D eigenvalue weighted by Gasteiger charge is 2.39. The van der Waals surface area contributed by atoms with E-state index in [2.05, 4.69) is 0 Å². The fraction of sp³-hybridized carbons (Fsp3) is 0.143. The molecule has 1 rings (SSSR count). The minimum Gasteiger partial charge on any atom is -0.205 e. The number of rotatable bonds is 0. The summed E-state index contributed by atoms with van der Waals surface area (Å²) in [5, 5.41) is -1.74. The fourth-order valence-corrected chi connectivity index (χ4v) is 1.29. The van der Waals surface area contributed by atoms with Crippen LogP contribution in [0, 0.1) is 11.6 Å². The molecule has 0 unspecified atom stereocenters. The van der Waals surface area contributed by atoms with Gasteiger partial charge in [-0.3, -0.25) is 0 Å². The van der Waals surface area contributed by atoms with Gasteiger partial charge < -0.3 is 0 Å². The Balaban J connectivity index is 3.56. The Hall–Kier alpha value is -0.550. The van der Waals surface area contributed by atoms with Gasteiger partial charge >= 0.3 is 6.18 Å². The average molecular weight is 251 g/mol. The maximum absolute atomic E-state index is 12.8. The third-order valence-corrected chi connectivity index (χ3v) is 1.95. The van der Waals surface area contributed by atoms with Crippen LogP contribution in [-0.4, -0.2) is 0 Å². The van der Waals surface area contributed by atoms with E-state index in [1.165, 1.54) is 0 Å². The molecule has 0 heterocycles. The second-order valence-corrected chi connectivity index (χ2v) is 3.16.